The van der Waals surface area contributed by atoms with Crippen LogP contribution in [0.2, 0.25) is 0 Å². The molecule has 2 unspecified atom stereocenters. The van der Waals surface area contributed by atoms with Crippen LogP contribution in [0.5, 0.6) is 0 Å². The Kier molecular flexibility index (Phi) is 4.20. The van der Waals surface area contributed by atoms with Crippen molar-refractivity contribution in [3.8, 4) is 0 Å². The van der Waals surface area contributed by atoms with E-state index >= 15 is 0 Å². The fourth-order valence-electron chi connectivity index (χ4n) is 2.51. The van der Waals surface area contributed by atoms with E-state index in [-0.39, 0.29) is 25.3 Å². The number of nitrogen functional groups attached to an aromatic ring is 1. The van der Waals surface area contributed by atoms with Crippen LogP contribution in [0, 0.1) is 11.8 Å². The highest BCUT2D eigenvalue weighted by Gasteiger charge is 2.43. The average Bonchev–Trinajstić information content (AvgIpc) is 2.81. The maximum Gasteiger partial charge on any atom is 0.391 e. The first-order valence-corrected chi connectivity index (χ1v) is 6.50. The van der Waals surface area contributed by atoms with E-state index < -0.39 is 18.0 Å². The van der Waals surface area contributed by atoms with Crippen LogP contribution in [-0.4, -0.2) is 22.3 Å². The van der Waals surface area contributed by atoms with E-state index in [0.29, 0.717) is 24.2 Å². The Labute approximate surface area is 114 Å². The van der Waals surface area contributed by atoms with Crippen molar-refractivity contribution in [2.45, 2.75) is 38.4 Å². The molecular weight excluding hydrogens is 273 g/mol. The quantitative estimate of drug-likeness (QED) is 0.796. The highest BCUT2D eigenvalue weighted by molar-refractivity contribution is 5.78. The lowest BCUT2D eigenvalue weighted by molar-refractivity contribution is -0.186. The molecule has 112 valence electrons. The lowest BCUT2D eigenvalue weighted by Gasteiger charge is -2.29. The highest BCUT2D eigenvalue weighted by atomic mass is 19.4. The standard InChI is InChI=1S/C12H17F3N4O/c13-12(14,15)9-3-1-2-7(4-9)11(20)17-5-8-6-18-19-10(8)16/h6-7,9H,1-5H2,(H,17,20)(H3,16,18,19). The summed E-state index contributed by atoms with van der Waals surface area (Å²) in [7, 11) is 0. The summed E-state index contributed by atoms with van der Waals surface area (Å²) in [4.78, 5) is 11.9. The van der Waals surface area contributed by atoms with Crippen LogP contribution < -0.4 is 11.1 Å². The number of anilines is 1. The van der Waals surface area contributed by atoms with Gasteiger partial charge in [0.2, 0.25) is 5.91 Å². The fourth-order valence-corrected chi connectivity index (χ4v) is 2.51. The van der Waals surface area contributed by atoms with Crippen molar-refractivity contribution >= 4 is 11.7 Å². The minimum atomic E-state index is -4.21. The molecule has 0 spiro atoms. The smallest absolute Gasteiger partial charge is 0.384 e. The molecule has 5 nitrogen and oxygen atoms in total. The molecule has 1 aromatic rings. The lowest BCUT2D eigenvalue weighted by Crippen LogP contribution is -2.37. The zero-order valence-electron chi connectivity index (χ0n) is 10.8. The Morgan fingerprint density at radius 2 is 2.25 bits per heavy atom. The summed E-state index contributed by atoms with van der Waals surface area (Å²) in [6, 6.07) is 0. The van der Waals surface area contributed by atoms with Crippen molar-refractivity contribution in [2.24, 2.45) is 11.8 Å². The van der Waals surface area contributed by atoms with Crippen molar-refractivity contribution < 1.29 is 18.0 Å². The first-order chi connectivity index (χ1) is 9.38. The average molecular weight is 290 g/mol. The van der Waals surface area contributed by atoms with Crippen LogP contribution in [0.15, 0.2) is 6.20 Å². The Hall–Kier alpha value is -1.73. The summed E-state index contributed by atoms with van der Waals surface area (Å²) in [5, 5.41) is 8.85. The van der Waals surface area contributed by atoms with E-state index in [2.05, 4.69) is 15.5 Å². The van der Waals surface area contributed by atoms with Gasteiger partial charge in [0, 0.05) is 18.0 Å². The Morgan fingerprint density at radius 3 is 2.85 bits per heavy atom. The number of rotatable bonds is 3. The van der Waals surface area contributed by atoms with Crippen LogP contribution in [-0.2, 0) is 11.3 Å². The zero-order chi connectivity index (χ0) is 14.8. The van der Waals surface area contributed by atoms with Crippen LogP contribution in [0.1, 0.15) is 31.2 Å². The molecule has 4 N–H and O–H groups in total. The molecule has 20 heavy (non-hydrogen) atoms. The predicted octanol–water partition coefficient (Wildman–Crippen LogP) is 1.98. The van der Waals surface area contributed by atoms with Crippen molar-refractivity contribution in [3.63, 3.8) is 0 Å². The molecule has 8 heteroatoms. The van der Waals surface area contributed by atoms with Crippen LogP contribution in [0.3, 0.4) is 0 Å². The van der Waals surface area contributed by atoms with Gasteiger partial charge in [0.25, 0.3) is 0 Å². The molecule has 0 saturated heterocycles. The number of hydrogen-bond acceptors (Lipinski definition) is 3. The molecule has 2 atom stereocenters. The largest absolute Gasteiger partial charge is 0.391 e. The van der Waals surface area contributed by atoms with E-state index in [4.69, 9.17) is 5.73 Å². The summed E-state index contributed by atoms with van der Waals surface area (Å²) >= 11 is 0. The van der Waals surface area contributed by atoms with E-state index in [1.807, 2.05) is 0 Å². The number of nitrogens with zero attached hydrogens (tertiary/aromatic N) is 1. The molecule has 0 aromatic carbocycles. The highest BCUT2D eigenvalue weighted by Crippen LogP contribution is 2.39. The minimum absolute atomic E-state index is 0.113. The molecule has 0 aliphatic heterocycles. The number of nitrogens with one attached hydrogen (secondary N) is 2. The first-order valence-electron chi connectivity index (χ1n) is 6.50. The number of aromatic amines is 1. The molecule has 1 aromatic heterocycles. The van der Waals surface area contributed by atoms with Gasteiger partial charge >= 0.3 is 6.18 Å². The van der Waals surface area contributed by atoms with Gasteiger partial charge in [-0.3, -0.25) is 9.89 Å². The third-order valence-electron chi connectivity index (χ3n) is 3.71. The summed E-state index contributed by atoms with van der Waals surface area (Å²) < 4.78 is 38.0. The van der Waals surface area contributed by atoms with Gasteiger partial charge in [-0.15, -0.1) is 0 Å². The maximum absolute atomic E-state index is 12.7. The molecule has 1 fully saturated rings. The van der Waals surface area contributed by atoms with Gasteiger partial charge in [-0.25, -0.2) is 0 Å². The van der Waals surface area contributed by atoms with Gasteiger partial charge in [-0.05, 0) is 19.3 Å². The number of amides is 1. The molecule has 1 aliphatic rings. The normalized spacial score (nSPS) is 23.6. The van der Waals surface area contributed by atoms with Gasteiger partial charge in [-0.2, -0.15) is 18.3 Å². The number of alkyl halides is 3. The second-order valence-corrected chi connectivity index (χ2v) is 5.13. The molecule has 1 heterocycles. The van der Waals surface area contributed by atoms with Gasteiger partial charge in [0.15, 0.2) is 0 Å². The molecule has 1 saturated carbocycles. The third kappa shape index (κ3) is 3.43. The summed E-state index contributed by atoms with van der Waals surface area (Å²) in [6.07, 6.45) is -1.82. The second-order valence-electron chi connectivity index (χ2n) is 5.13. The molecule has 1 aliphatic carbocycles. The minimum Gasteiger partial charge on any atom is -0.384 e. The van der Waals surface area contributed by atoms with Crippen molar-refractivity contribution in [1.82, 2.24) is 15.5 Å². The number of hydrogen-bond donors (Lipinski definition) is 3. The Bertz CT molecular complexity index is 472. The van der Waals surface area contributed by atoms with Crippen molar-refractivity contribution in [2.75, 3.05) is 5.73 Å². The Balaban J connectivity index is 1.88. The van der Waals surface area contributed by atoms with Crippen molar-refractivity contribution in [1.29, 1.82) is 0 Å². The molecule has 0 bridgehead atoms. The third-order valence-corrected chi connectivity index (χ3v) is 3.71. The topological polar surface area (TPSA) is 83.8 Å². The maximum atomic E-state index is 12.7. The summed E-state index contributed by atoms with van der Waals surface area (Å²) in [5.74, 6) is -1.95. The van der Waals surface area contributed by atoms with Gasteiger partial charge < -0.3 is 11.1 Å². The van der Waals surface area contributed by atoms with Gasteiger partial charge in [-0.1, -0.05) is 6.42 Å². The molecular formula is C12H17F3N4O. The number of nitrogens with two attached hydrogens (primary N) is 1. The van der Waals surface area contributed by atoms with E-state index in [1.165, 1.54) is 6.20 Å². The second kappa shape index (κ2) is 5.72. The lowest BCUT2D eigenvalue weighted by atomic mass is 9.80. The van der Waals surface area contributed by atoms with E-state index in [1.54, 1.807) is 0 Å². The van der Waals surface area contributed by atoms with Gasteiger partial charge in [0.05, 0.1) is 12.1 Å². The summed E-state index contributed by atoms with van der Waals surface area (Å²) in [6.45, 7) is 0.175. The van der Waals surface area contributed by atoms with Crippen LogP contribution in [0.4, 0.5) is 19.0 Å². The van der Waals surface area contributed by atoms with Crippen LogP contribution in [0.25, 0.3) is 0 Å². The van der Waals surface area contributed by atoms with Crippen molar-refractivity contribution in [3.05, 3.63) is 11.8 Å². The molecule has 0 radical (unpaired) electrons. The molecule has 1 amide bonds. The summed E-state index contributed by atoms with van der Waals surface area (Å²) in [5.41, 5.74) is 6.19. The van der Waals surface area contributed by atoms with Gasteiger partial charge in [0.1, 0.15) is 5.82 Å². The number of aromatic nitrogens is 2. The van der Waals surface area contributed by atoms with E-state index in [0.717, 1.165) is 0 Å². The number of carbonyl (C=O) groups excluding carboxylic acids is 1. The fraction of sp³-hybridized carbons (Fsp3) is 0.667. The first kappa shape index (κ1) is 14.7. The number of carbonyl (C=O) groups is 1. The SMILES string of the molecule is Nc1[nH]ncc1CNC(=O)C1CCCC(C(F)(F)F)C1. The number of halogens is 3. The van der Waals surface area contributed by atoms with E-state index in [9.17, 15) is 18.0 Å². The monoisotopic (exact) mass is 290 g/mol. The Morgan fingerprint density at radius 1 is 1.50 bits per heavy atom. The zero-order valence-corrected chi connectivity index (χ0v) is 10.8. The predicted molar refractivity (Wildman–Crippen MR) is 66.3 cm³/mol. The molecule has 2 rings (SSSR count). The van der Waals surface area contributed by atoms with Crippen LogP contribution >= 0.6 is 0 Å². The number of H-pyrrole nitrogens is 1.